The molecule has 3 heteroatoms. The fourth-order valence-corrected chi connectivity index (χ4v) is 2.53. The first-order chi connectivity index (χ1) is 5.96. The van der Waals surface area contributed by atoms with Crippen molar-refractivity contribution >= 4 is 16.5 Å². The first kappa shape index (κ1) is 9.00. The van der Waals surface area contributed by atoms with Crippen molar-refractivity contribution in [3.8, 4) is 0 Å². The Kier molecular flexibility index (Phi) is 1.71. The quantitative estimate of drug-likeness (QED) is 0.786. The predicted molar refractivity (Wildman–Crippen MR) is 57.1 cm³/mol. The van der Waals surface area contributed by atoms with Gasteiger partial charge in [0.2, 0.25) is 0 Å². The molecule has 2 nitrogen and oxygen atoms in total. The summed E-state index contributed by atoms with van der Waals surface area (Å²) in [5.41, 5.74) is 0.775. The summed E-state index contributed by atoms with van der Waals surface area (Å²) in [5.74, 6) is 0. The maximum atomic E-state index is 4.23. The van der Waals surface area contributed by atoms with Gasteiger partial charge in [0.15, 0.2) is 5.13 Å². The monoisotopic (exact) mass is 196 g/mol. The molecule has 1 heterocycles. The van der Waals surface area contributed by atoms with Gasteiger partial charge in [0, 0.05) is 17.6 Å². The molecular weight excluding hydrogens is 180 g/mol. The summed E-state index contributed by atoms with van der Waals surface area (Å²) < 4.78 is 0. The molecule has 2 rings (SSSR count). The Bertz CT molecular complexity index is 287. The Balaban J connectivity index is 2.07. The molecule has 0 saturated heterocycles. The summed E-state index contributed by atoms with van der Waals surface area (Å²) in [6.07, 6.45) is 1.84. The standard InChI is InChI=1S/C10H16N2S/c1-9(2)7(10(9,3)4)12-8-11-5-6-13-8/h5-7H,1-4H3,(H,11,12). The van der Waals surface area contributed by atoms with Crippen LogP contribution in [0.25, 0.3) is 0 Å². The van der Waals surface area contributed by atoms with Gasteiger partial charge in [-0.1, -0.05) is 27.7 Å². The highest BCUT2D eigenvalue weighted by Gasteiger charge is 2.65. The zero-order valence-corrected chi connectivity index (χ0v) is 9.40. The van der Waals surface area contributed by atoms with E-state index in [-0.39, 0.29) is 0 Å². The number of hydrogen-bond acceptors (Lipinski definition) is 3. The van der Waals surface area contributed by atoms with E-state index in [1.54, 1.807) is 11.3 Å². The first-order valence-corrected chi connectivity index (χ1v) is 5.50. The summed E-state index contributed by atoms with van der Waals surface area (Å²) in [7, 11) is 0. The molecule has 0 spiro atoms. The smallest absolute Gasteiger partial charge is 0.182 e. The summed E-state index contributed by atoms with van der Waals surface area (Å²) >= 11 is 1.67. The number of anilines is 1. The Morgan fingerprint density at radius 3 is 2.31 bits per heavy atom. The molecule has 1 aromatic heterocycles. The Hall–Kier alpha value is -0.570. The highest BCUT2D eigenvalue weighted by atomic mass is 32.1. The third kappa shape index (κ3) is 1.17. The molecule has 1 aliphatic carbocycles. The minimum Gasteiger partial charge on any atom is -0.358 e. The van der Waals surface area contributed by atoms with E-state index in [0.717, 1.165) is 5.13 Å². The number of nitrogens with zero attached hydrogens (tertiary/aromatic N) is 1. The van der Waals surface area contributed by atoms with E-state index in [1.807, 2.05) is 11.6 Å². The number of rotatable bonds is 2. The van der Waals surface area contributed by atoms with Crippen LogP contribution in [0.4, 0.5) is 5.13 Å². The lowest BCUT2D eigenvalue weighted by Gasteiger charge is -2.02. The third-order valence-electron chi connectivity index (χ3n) is 3.72. The molecule has 1 saturated carbocycles. The lowest BCUT2D eigenvalue weighted by molar-refractivity contribution is 0.457. The largest absolute Gasteiger partial charge is 0.358 e. The van der Waals surface area contributed by atoms with Crippen LogP contribution in [0.15, 0.2) is 11.6 Å². The molecule has 0 aromatic carbocycles. The molecule has 1 fully saturated rings. The van der Waals surface area contributed by atoms with E-state index in [0.29, 0.717) is 16.9 Å². The van der Waals surface area contributed by atoms with Crippen LogP contribution in [0.2, 0.25) is 0 Å². The number of thiazole rings is 1. The van der Waals surface area contributed by atoms with Crippen molar-refractivity contribution in [2.45, 2.75) is 33.7 Å². The molecule has 72 valence electrons. The van der Waals surface area contributed by atoms with Crippen LogP contribution >= 0.6 is 11.3 Å². The van der Waals surface area contributed by atoms with Gasteiger partial charge in [-0.15, -0.1) is 11.3 Å². The van der Waals surface area contributed by atoms with E-state index in [4.69, 9.17) is 0 Å². The van der Waals surface area contributed by atoms with Gasteiger partial charge in [0.25, 0.3) is 0 Å². The highest BCUT2D eigenvalue weighted by Crippen LogP contribution is 2.63. The van der Waals surface area contributed by atoms with Gasteiger partial charge in [-0.05, 0) is 10.8 Å². The summed E-state index contributed by atoms with van der Waals surface area (Å²) in [4.78, 5) is 4.23. The van der Waals surface area contributed by atoms with Crippen molar-refractivity contribution in [2.24, 2.45) is 10.8 Å². The Labute approximate surface area is 83.4 Å². The van der Waals surface area contributed by atoms with Gasteiger partial charge in [0.1, 0.15) is 0 Å². The van der Waals surface area contributed by atoms with Crippen LogP contribution in [0.1, 0.15) is 27.7 Å². The zero-order chi connectivity index (χ0) is 9.69. The van der Waals surface area contributed by atoms with Gasteiger partial charge >= 0.3 is 0 Å². The Morgan fingerprint density at radius 1 is 1.31 bits per heavy atom. The molecule has 0 bridgehead atoms. The van der Waals surface area contributed by atoms with Crippen molar-refractivity contribution in [2.75, 3.05) is 5.32 Å². The minimum absolute atomic E-state index is 0.388. The predicted octanol–water partition coefficient (Wildman–Crippen LogP) is 2.99. The van der Waals surface area contributed by atoms with E-state index in [9.17, 15) is 0 Å². The van der Waals surface area contributed by atoms with Crippen molar-refractivity contribution < 1.29 is 0 Å². The van der Waals surface area contributed by atoms with Crippen LogP contribution in [0.5, 0.6) is 0 Å². The average molecular weight is 196 g/mol. The van der Waals surface area contributed by atoms with Gasteiger partial charge < -0.3 is 5.32 Å². The van der Waals surface area contributed by atoms with E-state index < -0.39 is 0 Å². The maximum Gasteiger partial charge on any atom is 0.182 e. The van der Waals surface area contributed by atoms with Crippen LogP contribution in [0.3, 0.4) is 0 Å². The minimum atomic E-state index is 0.388. The van der Waals surface area contributed by atoms with Crippen LogP contribution in [-0.2, 0) is 0 Å². The topological polar surface area (TPSA) is 24.9 Å². The molecule has 1 aliphatic rings. The van der Waals surface area contributed by atoms with E-state index in [1.165, 1.54) is 0 Å². The SMILES string of the molecule is CC1(C)C(Nc2nccs2)C1(C)C. The Morgan fingerprint density at radius 2 is 1.92 bits per heavy atom. The average Bonchev–Trinajstić information content (AvgIpc) is 2.44. The first-order valence-electron chi connectivity index (χ1n) is 4.62. The molecule has 13 heavy (non-hydrogen) atoms. The molecule has 0 aliphatic heterocycles. The molecule has 0 radical (unpaired) electrons. The molecule has 0 atom stereocenters. The molecule has 1 N–H and O–H groups in total. The van der Waals surface area contributed by atoms with Gasteiger partial charge in [-0.3, -0.25) is 0 Å². The fraction of sp³-hybridized carbons (Fsp3) is 0.700. The van der Waals surface area contributed by atoms with Crippen molar-refractivity contribution in [1.29, 1.82) is 0 Å². The lowest BCUT2D eigenvalue weighted by Crippen LogP contribution is -2.09. The number of hydrogen-bond donors (Lipinski definition) is 1. The number of nitrogens with one attached hydrogen (secondary N) is 1. The van der Waals surface area contributed by atoms with E-state index in [2.05, 4.69) is 38.0 Å². The van der Waals surface area contributed by atoms with Gasteiger partial charge in [-0.25, -0.2) is 4.98 Å². The zero-order valence-electron chi connectivity index (χ0n) is 8.59. The van der Waals surface area contributed by atoms with Crippen LogP contribution in [-0.4, -0.2) is 11.0 Å². The summed E-state index contributed by atoms with van der Waals surface area (Å²) in [5, 5.41) is 6.53. The van der Waals surface area contributed by atoms with Crippen molar-refractivity contribution in [3.63, 3.8) is 0 Å². The maximum absolute atomic E-state index is 4.23. The van der Waals surface area contributed by atoms with Crippen LogP contribution in [0, 0.1) is 10.8 Å². The second-order valence-electron chi connectivity index (χ2n) is 4.86. The highest BCUT2D eigenvalue weighted by molar-refractivity contribution is 7.13. The second-order valence-corrected chi connectivity index (χ2v) is 5.75. The normalized spacial score (nSPS) is 24.3. The molecule has 0 amide bonds. The lowest BCUT2D eigenvalue weighted by atomic mass is 10.0. The molecule has 1 aromatic rings. The van der Waals surface area contributed by atoms with Gasteiger partial charge in [-0.2, -0.15) is 0 Å². The fourth-order valence-electron chi connectivity index (χ4n) is 1.98. The van der Waals surface area contributed by atoms with Gasteiger partial charge in [0.05, 0.1) is 0 Å². The molecule has 0 unspecified atom stereocenters. The second kappa shape index (κ2) is 2.47. The summed E-state index contributed by atoms with van der Waals surface area (Å²) in [6, 6.07) is 0.561. The van der Waals surface area contributed by atoms with Crippen molar-refractivity contribution in [3.05, 3.63) is 11.6 Å². The number of aromatic nitrogens is 1. The van der Waals surface area contributed by atoms with Crippen LogP contribution < -0.4 is 5.32 Å². The van der Waals surface area contributed by atoms with E-state index >= 15 is 0 Å². The molecular formula is C10H16N2S. The van der Waals surface area contributed by atoms with Crippen molar-refractivity contribution in [1.82, 2.24) is 4.98 Å². The summed E-state index contributed by atoms with van der Waals surface area (Å²) in [6.45, 7) is 9.22. The third-order valence-corrected chi connectivity index (χ3v) is 4.43.